The second-order valence-electron chi connectivity index (χ2n) is 16.0. The Labute approximate surface area is 355 Å². The largest absolute Gasteiger partial charge is 0.455 e. The molecule has 0 atom stereocenters. The van der Waals surface area contributed by atoms with Crippen LogP contribution in [0.3, 0.4) is 0 Å². The third-order valence-electron chi connectivity index (χ3n) is 12.7. The number of hydrogen-bond acceptors (Lipinski definition) is 2. The van der Waals surface area contributed by atoms with Crippen LogP contribution in [0.4, 0.5) is 17.1 Å². The van der Waals surface area contributed by atoms with E-state index in [1.54, 1.807) is 0 Å². The summed E-state index contributed by atoms with van der Waals surface area (Å²) in [4.78, 5) is 2.44. The van der Waals surface area contributed by atoms with Gasteiger partial charge in [0.1, 0.15) is 11.2 Å². The summed E-state index contributed by atoms with van der Waals surface area (Å²) in [6, 6.07) is 86.0. The molecule has 0 aliphatic heterocycles. The van der Waals surface area contributed by atoms with E-state index < -0.39 is 5.41 Å². The molecule has 2 nitrogen and oxygen atoms in total. The first-order valence-corrected chi connectivity index (χ1v) is 21.0. The highest BCUT2D eigenvalue weighted by Gasteiger charge is 2.46. The lowest BCUT2D eigenvalue weighted by Gasteiger charge is -2.35. The fourth-order valence-corrected chi connectivity index (χ4v) is 10.0. The van der Waals surface area contributed by atoms with Gasteiger partial charge >= 0.3 is 0 Å². The number of nitrogens with zero attached hydrogens (tertiary/aromatic N) is 1. The second-order valence-corrected chi connectivity index (χ2v) is 16.0. The molecule has 0 saturated heterocycles. The first-order chi connectivity index (χ1) is 30.3. The Morgan fingerprint density at radius 2 is 0.918 bits per heavy atom. The van der Waals surface area contributed by atoms with E-state index in [0.717, 1.165) is 60.9 Å². The summed E-state index contributed by atoms with van der Waals surface area (Å²) in [5.74, 6) is 0. The molecule has 0 unspecified atom stereocenters. The third-order valence-corrected chi connectivity index (χ3v) is 12.7. The van der Waals surface area contributed by atoms with E-state index in [4.69, 9.17) is 4.42 Å². The number of anilines is 3. The molecule has 0 spiro atoms. The minimum atomic E-state index is -0.542. The van der Waals surface area contributed by atoms with Crippen LogP contribution in [-0.4, -0.2) is 0 Å². The third kappa shape index (κ3) is 5.50. The van der Waals surface area contributed by atoms with Crippen LogP contribution < -0.4 is 4.90 Å². The van der Waals surface area contributed by atoms with Gasteiger partial charge in [-0.2, -0.15) is 0 Å². The molecule has 0 N–H and O–H groups in total. The lowest BCUT2D eigenvalue weighted by atomic mass is 9.67. The maximum Gasteiger partial charge on any atom is 0.143 e. The summed E-state index contributed by atoms with van der Waals surface area (Å²) in [5.41, 5.74) is 16.5. The minimum Gasteiger partial charge on any atom is -0.455 e. The Balaban J connectivity index is 1.16. The van der Waals surface area contributed by atoms with Crippen LogP contribution in [0.15, 0.2) is 241 Å². The second kappa shape index (κ2) is 14.1. The molecular formula is C59H39NO. The van der Waals surface area contributed by atoms with E-state index in [2.05, 4.69) is 241 Å². The van der Waals surface area contributed by atoms with E-state index in [0.29, 0.717) is 0 Å². The summed E-state index contributed by atoms with van der Waals surface area (Å²) in [6.07, 6.45) is 0. The number of furan rings is 1. The van der Waals surface area contributed by atoms with Gasteiger partial charge in [0.15, 0.2) is 0 Å². The molecule has 0 amide bonds. The topological polar surface area (TPSA) is 16.4 Å². The lowest BCUT2D eigenvalue weighted by Crippen LogP contribution is -2.28. The van der Waals surface area contributed by atoms with Crippen molar-refractivity contribution in [1.29, 1.82) is 0 Å². The number of benzene rings is 10. The molecule has 1 aromatic heterocycles. The molecule has 0 fully saturated rings. The Bertz CT molecular complexity index is 3350. The first kappa shape index (κ1) is 35.0. The molecule has 1 heterocycles. The van der Waals surface area contributed by atoms with Gasteiger partial charge in [0, 0.05) is 39.2 Å². The van der Waals surface area contributed by atoms with Gasteiger partial charge in [0.05, 0.1) is 11.1 Å². The van der Waals surface area contributed by atoms with Crippen molar-refractivity contribution in [3.05, 3.63) is 259 Å². The van der Waals surface area contributed by atoms with Crippen molar-refractivity contribution in [2.24, 2.45) is 0 Å². The highest BCUT2D eigenvalue weighted by Crippen LogP contribution is 2.57. The fourth-order valence-electron chi connectivity index (χ4n) is 10.0. The summed E-state index contributed by atoms with van der Waals surface area (Å²) in [6.45, 7) is 0. The summed E-state index contributed by atoms with van der Waals surface area (Å²) in [5, 5.41) is 4.49. The lowest BCUT2D eigenvalue weighted by molar-refractivity contribution is 0.673. The zero-order valence-electron chi connectivity index (χ0n) is 33.4. The van der Waals surface area contributed by atoms with Crippen LogP contribution in [0.25, 0.3) is 66.1 Å². The molecule has 11 aromatic rings. The Morgan fingerprint density at radius 1 is 0.344 bits per heavy atom. The fraction of sp³-hybridized carbons (Fsp3) is 0.0169. The number of fused-ring (bicyclic) bond motifs is 8. The van der Waals surface area contributed by atoms with Crippen LogP contribution in [0.2, 0.25) is 0 Å². The maximum atomic E-state index is 6.93. The van der Waals surface area contributed by atoms with Gasteiger partial charge in [0.25, 0.3) is 0 Å². The van der Waals surface area contributed by atoms with Gasteiger partial charge in [-0.15, -0.1) is 0 Å². The quantitative estimate of drug-likeness (QED) is 0.160. The smallest absolute Gasteiger partial charge is 0.143 e. The Kier molecular flexibility index (Phi) is 8.11. The molecule has 0 bridgehead atoms. The number of rotatable bonds is 7. The molecule has 61 heavy (non-hydrogen) atoms. The van der Waals surface area contributed by atoms with Crippen LogP contribution >= 0.6 is 0 Å². The highest BCUT2D eigenvalue weighted by molar-refractivity contribution is 6.17. The van der Waals surface area contributed by atoms with Gasteiger partial charge in [-0.3, -0.25) is 0 Å². The predicted molar refractivity (Wildman–Crippen MR) is 254 cm³/mol. The van der Waals surface area contributed by atoms with Crippen LogP contribution in [0.1, 0.15) is 22.3 Å². The van der Waals surface area contributed by atoms with Crippen molar-refractivity contribution in [3.63, 3.8) is 0 Å². The average molecular weight is 778 g/mol. The van der Waals surface area contributed by atoms with Gasteiger partial charge in [-0.05, 0) is 91.9 Å². The van der Waals surface area contributed by atoms with Crippen molar-refractivity contribution < 1.29 is 4.42 Å². The van der Waals surface area contributed by atoms with Crippen molar-refractivity contribution in [2.75, 3.05) is 4.90 Å². The maximum absolute atomic E-state index is 6.93. The van der Waals surface area contributed by atoms with E-state index in [-0.39, 0.29) is 0 Å². The van der Waals surface area contributed by atoms with Gasteiger partial charge < -0.3 is 9.32 Å². The van der Waals surface area contributed by atoms with Crippen molar-refractivity contribution in [1.82, 2.24) is 0 Å². The van der Waals surface area contributed by atoms with Crippen molar-refractivity contribution in [2.45, 2.75) is 5.41 Å². The number of hydrogen-bond donors (Lipinski definition) is 0. The zero-order chi connectivity index (χ0) is 40.3. The van der Waals surface area contributed by atoms with E-state index in [1.165, 1.54) is 44.5 Å². The minimum absolute atomic E-state index is 0.542. The zero-order valence-corrected chi connectivity index (χ0v) is 33.4. The summed E-state index contributed by atoms with van der Waals surface area (Å²) < 4.78 is 6.93. The Morgan fingerprint density at radius 3 is 1.64 bits per heavy atom. The van der Waals surface area contributed by atoms with Crippen molar-refractivity contribution >= 4 is 49.8 Å². The summed E-state index contributed by atoms with van der Waals surface area (Å²) >= 11 is 0. The Hall–Kier alpha value is -7.94. The molecular weight excluding hydrogens is 739 g/mol. The molecule has 12 rings (SSSR count). The van der Waals surface area contributed by atoms with Crippen molar-refractivity contribution in [3.8, 4) is 33.4 Å². The normalized spacial score (nSPS) is 12.7. The van der Waals surface area contributed by atoms with Gasteiger partial charge in [0.2, 0.25) is 0 Å². The molecule has 2 heteroatoms. The van der Waals surface area contributed by atoms with E-state index in [9.17, 15) is 0 Å². The van der Waals surface area contributed by atoms with Crippen LogP contribution in [0, 0.1) is 0 Å². The molecule has 286 valence electrons. The average Bonchev–Trinajstić information content (AvgIpc) is 3.86. The van der Waals surface area contributed by atoms with Crippen LogP contribution in [0.5, 0.6) is 0 Å². The standard InChI is InChI=1S/C59H39NO/c1-5-17-40(18-6-1)41-29-32-46(33-30-41)60(56-39-57-53(38-52(56)42-19-7-2-8-20-42)51-35-31-43-21-13-14-26-48(43)58(51)61-57)47-34-36-50-49-27-15-16-28-54(49)59(55(50)37-47,44-22-9-3-10-23-44)45-24-11-4-12-25-45/h1-39H. The first-order valence-electron chi connectivity index (χ1n) is 21.0. The van der Waals surface area contributed by atoms with E-state index >= 15 is 0 Å². The molecule has 0 saturated carbocycles. The molecule has 1 aliphatic rings. The van der Waals surface area contributed by atoms with E-state index in [1.807, 2.05) is 0 Å². The molecule has 0 radical (unpaired) electrons. The highest BCUT2D eigenvalue weighted by atomic mass is 16.3. The summed E-state index contributed by atoms with van der Waals surface area (Å²) in [7, 11) is 0. The monoisotopic (exact) mass is 777 g/mol. The van der Waals surface area contributed by atoms with Gasteiger partial charge in [-0.1, -0.05) is 194 Å². The predicted octanol–water partition coefficient (Wildman–Crippen LogP) is 15.9. The van der Waals surface area contributed by atoms with Crippen LogP contribution in [-0.2, 0) is 5.41 Å². The molecule has 1 aliphatic carbocycles. The SMILES string of the molecule is c1ccc(-c2ccc(N(c3ccc4c(c3)C(c3ccccc3)(c3ccccc3)c3ccccc3-4)c3cc4oc5c6ccccc6ccc5c4cc3-c3ccccc3)cc2)cc1. The van der Waals surface area contributed by atoms with Gasteiger partial charge in [-0.25, -0.2) is 0 Å². The molecule has 10 aromatic carbocycles.